The Morgan fingerprint density at radius 3 is 0.838 bits per heavy atom. The molecule has 10 aliphatic heterocycles. The molecule has 53 heteroatoms. The van der Waals surface area contributed by atoms with Crippen LogP contribution >= 0.6 is 0 Å². The van der Waals surface area contributed by atoms with Crippen molar-refractivity contribution in [1.29, 1.82) is 0 Å². The molecule has 117 heavy (non-hydrogen) atoms. The predicted octanol–water partition coefficient (Wildman–Crippen LogP) is -22.5. The number of aliphatic hydroxyl groups is 30. The van der Waals surface area contributed by atoms with E-state index < -0.39 is 385 Å². The number of carbonyl (C=O) groups is 2. The van der Waals surface area contributed by atoms with Gasteiger partial charge in [-0.2, -0.15) is 0 Å². The van der Waals surface area contributed by atoms with E-state index in [1.165, 1.54) is 0 Å². The van der Waals surface area contributed by atoms with Gasteiger partial charge in [0.15, 0.2) is 62.9 Å². The molecule has 0 aromatic rings. The Balaban J connectivity index is 1.01. The molecular weight excluding hydrogens is 1610 g/mol. The van der Waals surface area contributed by atoms with Crippen LogP contribution < -0.4 is 10.6 Å². The molecule has 0 aliphatic carbocycles. The van der Waals surface area contributed by atoms with Crippen LogP contribution in [0.2, 0.25) is 0 Å². The van der Waals surface area contributed by atoms with Crippen molar-refractivity contribution in [3.05, 3.63) is 0 Å². The van der Waals surface area contributed by atoms with Crippen LogP contribution in [0.15, 0.2) is 0 Å². The number of carbonyl (C=O) groups excluding carboxylic acids is 2. The summed E-state index contributed by atoms with van der Waals surface area (Å²) < 4.78 is 111. The van der Waals surface area contributed by atoms with Gasteiger partial charge in [-0.25, -0.2) is 0 Å². The van der Waals surface area contributed by atoms with E-state index in [2.05, 4.69) is 10.6 Å². The SMILES string of the molecule is CC(=O)N[C@@H]1[C@@H](O)[C@H](O[C@@H]2O[C@H](CO)[C@@H](O[C@@H]3O[C@H](CO[C@H]4O[C@H](CO[C@@H]5O[C@H](CO)[C@@H](O)[C@H](O)[C@@H]5O[C@H]5O[C@H](CO)[C@@H](O)[C@H](O)[C@@H]5O)[C@@H](O)[C@H](O[C@H]5O[C@H](CO)[C@@H](O)[C@H](O)[C@@H]5O[C@@H]5O[C@H](CO)[C@@H](O)[C@H](O)[C@@H]5O)[C@@H]4O)[C@@H](O)[C@H](O[C@@H]4O[C@H](CO)[C@@H](O)[C@H](O)[C@@H]4O[C@@H]4O[C@H](CO)[C@@H](O)[C@H](O)[C@@H]4O)[C@@H]3O)[C@H](O)[C@H]2NC(C)=O)[C@@H](CO)O[C@H]1O. The minimum atomic E-state index is -2.60. The van der Waals surface area contributed by atoms with E-state index in [9.17, 15) is 163 Å². The summed E-state index contributed by atoms with van der Waals surface area (Å²) in [6.07, 6.45) is -104. The second kappa shape index (κ2) is 41.9. The van der Waals surface area contributed by atoms with E-state index in [1.54, 1.807) is 0 Å². The van der Waals surface area contributed by atoms with Crippen LogP contribution in [0.1, 0.15) is 13.8 Å². The second-order valence-corrected chi connectivity index (χ2v) is 29.5. The van der Waals surface area contributed by atoms with Gasteiger partial charge in [-0.1, -0.05) is 0 Å². The van der Waals surface area contributed by atoms with Gasteiger partial charge >= 0.3 is 0 Å². The Hall–Kier alpha value is -3.02. The van der Waals surface area contributed by atoms with Crippen LogP contribution in [0.3, 0.4) is 0 Å². The zero-order chi connectivity index (χ0) is 85.9. The molecule has 680 valence electrons. The zero-order valence-electron chi connectivity index (χ0n) is 61.9. The third-order valence-corrected chi connectivity index (χ3v) is 21.7. The third-order valence-electron chi connectivity index (χ3n) is 21.7. The maximum atomic E-state index is 13.0. The molecule has 2 amide bonds. The summed E-state index contributed by atoms with van der Waals surface area (Å²) in [5, 5.41) is 337. The lowest BCUT2D eigenvalue weighted by molar-refractivity contribution is -0.401. The number of aliphatic hydroxyl groups excluding tert-OH is 30. The van der Waals surface area contributed by atoms with Crippen molar-refractivity contribution >= 4 is 11.8 Å². The van der Waals surface area contributed by atoms with E-state index in [-0.39, 0.29) is 0 Å². The third kappa shape index (κ3) is 20.7. The molecule has 32 N–H and O–H groups in total. The van der Waals surface area contributed by atoms with Gasteiger partial charge in [-0.05, 0) is 0 Å². The fourth-order valence-electron chi connectivity index (χ4n) is 15.0. The number of nitrogens with one attached hydrogen (secondary N) is 2. The molecule has 10 heterocycles. The lowest BCUT2D eigenvalue weighted by atomic mass is 9.94. The zero-order valence-corrected chi connectivity index (χ0v) is 61.9. The average molecular weight is 1720 g/mol. The Morgan fingerprint density at radius 1 is 0.222 bits per heavy atom. The van der Waals surface area contributed by atoms with E-state index >= 15 is 0 Å². The summed E-state index contributed by atoms with van der Waals surface area (Å²) in [4.78, 5) is 25.2. The monoisotopic (exact) mass is 1720 g/mol. The predicted molar refractivity (Wildman–Crippen MR) is 353 cm³/mol. The van der Waals surface area contributed by atoms with Crippen LogP contribution in [0.4, 0.5) is 0 Å². The highest BCUT2D eigenvalue weighted by atomic mass is 16.8. The van der Waals surface area contributed by atoms with Gasteiger partial charge in [0.25, 0.3) is 0 Å². The Morgan fingerprint density at radius 2 is 0.470 bits per heavy atom. The molecule has 0 saturated carbocycles. The van der Waals surface area contributed by atoms with Crippen LogP contribution in [0, 0.1) is 0 Å². The Kier molecular flexibility index (Phi) is 34.4. The normalized spacial score (nSPS) is 51.5. The largest absolute Gasteiger partial charge is 0.394 e. The summed E-state index contributed by atoms with van der Waals surface area (Å²) >= 11 is 0. The molecule has 0 unspecified atom stereocenters. The summed E-state index contributed by atoms with van der Waals surface area (Å²) in [7, 11) is 0. The molecule has 0 spiro atoms. The van der Waals surface area contributed by atoms with Crippen molar-refractivity contribution in [2.45, 2.75) is 321 Å². The molecule has 0 aromatic carbocycles. The summed E-state index contributed by atoms with van der Waals surface area (Å²) in [5.41, 5.74) is 0. The summed E-state index contributed by atoms with van der Waals surface area (Å²) in [5.74, 6) is -1.77. The topological polar surface area (TPSA) is 840 Å². The van der Waals surface area contributed by atoms with E-state index in [0.29, 0.717) is 0 Å². The maximum Gasteiger partial charge on any atom is 0.217 e. The lowest BCUT2D eigenvalue weighted by Crippen LogP contribution is -2.70. The smallest absolute Gasteiger partial charge is 0.217 e. The number of hydrogen-bond donors (Lipinski definition) is 32. The fourth-order valence-corrected chi connectivity index (χ4v) is 15.0. The van der Waals surface area contributed by atoms with Crippen molar-refractivity contribution in [3.8, 4) is 0 Å². The van der Waals surface area contributed by atoms with E-state index in [1.807, 2.05) is 0 Å². The molecule has 10 fully saturated rings. The lowest BCUT2D eigenvalue weighted by Gasteiger charge is -2.51. The molecule has 0 bridgehead atoms. The van der Waals surface area contributed by atoms with E-state index in [0.717, 1.165) is 13.8 Å². The van der Waals surface area contributed by atoms with Gasteiger partial charge in [0.1, 0.15) is 244 Å². The number of hydrogen-bond acceptors (Lipinski definition) is 51. The van der Waals surface area contributed by atoms with Crippen LogP contribution in [0.5, 0.6) is 0 Å². The molecule has 10 aliphatic rings. The molecule has 50 atom stereocenters. The van der Waals surface area contributed by atoms with Gasteiger partial charge < -0.3 is 254 Å². The standard InChI is InChI=1S/C64H108N2O51/c1-13(75)65-25-35(85)48(21(9-73)101-55(25)98)111-56-26(66-14(2)76)36(86)49(22(10-74)108-56)112-61-47(97)51(114-64-54(42(92)32(82)20(8-72)107-64)117-60-45(95)39(89)29(79)17(5-69)104-60)34(84)24(110-61)11-99-57-46(96)50(113-63-53(41(91)31(81)19(7-71)106-63)116-59-44(94)38(88)28(78)16(4-68)103-59)33(83)23(109-57)12-100-62-52(40(90)30(80)18(6-70)105-62)115-58-43(93)37(87)27(77)15(3-67)102-58/h15-64,67-74,77-98H,3-12H2,1-2H3,(H,65,75)(H,66,76)/t15-,16-,17-,18-,19-,20-,21-,22-,23-,24-,25-,26-,27-,28-,29-,30-,31-,32-,33-,34-,35-,36-,37+,38+,39+,40+,41+,42+,43+,44+,45+,46+,47+,48-,49-,50+,51+,52+,53+,54+,55-,56+,57+,58-,59+,60+,61+,62-,63-,64+/m1/s1. The molecule has 10 rings (SSSR count). The van der Waals surface area contributed by atoms with Crippen molar-refractivity contribution in [2.24, 2.45) is 0 Å². The second-order valence-electron chi connectivity index (χ2n) is 29.5. The molecule has 10 saturated heterocycles. The fraction of sp³-hybridized carbons (Fsp3) is 0.969. The average Bonchev–Trinajstić information content (AvgIpc) is 0.769. The molecular formula is C64H108N2O51. The van der Waals surface area contributed by atoms with Crippen molar-refractivity contribution in [3.63, 3.8) is 0 Å². The first kappa shape index (κ1) is 96.2. The van der Waals surface area contributed by atoms with Crippen LogP contribution in [-0.4, -0.2) is 538 Å². The Labute approximate surface area is 660 Å². The minimum Gasteiger partial charge on any atom is -0.394 e. The maximum absolute atomic E-state index is 13.0. The molecule has 53 nitrogen and oxygen atoms in total. The van der Waals surface area contributed by atoms with Gasteiger partial charge in [-0.15, -0.1) is 0 Å². The number of ether oxygens (including phenoxy) is 19. The van der Waals surface area contributed by atoms with Crippen molar-refractivity contribution in [1.82, 2.24) is 10.6 Å². The minimum absolute atomic E-state index is 0.802. The van der Waals surface area contributed by atoms with Gasteiger partial charge in [0.05, 0.1) is 66.1 Å². The molecule has 0 radical (unpaired) electrons. The first-order chi connectivity index (χ1) is 55.4. The highest BCUT2D eigenvalue weighted by molar-refractivity contribution is 5.73. The highest BCUT2D eigenvalue weighted by Crippen LogP contribution is 2.40. The summed E-state index contributed by atoms with van der Waals surface area (Å²) in [6, 6.07) is -3.62. The van der Waals surface area contributed by atoms with E-state index in [4.69, 9.17) is 90.0 Å². The Bertz CT molecular complexity index is 3050. The van der Waals surface area contributed by atoms with Gasteiger partial charge in [0, 0.05) is 13.8 Å². The molecule has 0 aromatic heterocycles. The summed E-state index contributed by atoms with van der Waals surface area (Å²) in [6.45, 7) is -9.35. The van der Waals surface area contributed by atoms with Crippen molar-refractivity contribution in [2.75, 3.05) is 66.1 Å². The van der Waals surface area contributed by atoms with Crippen LogP contribution in [0.25, 0.3) is 0 Å². The van der Waals surface area contributed by atoms with Gasteiger partial charge in [0.2, 0.25) is 11.8 Å². The number of amides is 2. The van der Waals surface area contributed by atoms with Gasteiger partial charge in [-0.3, -0.25) is 9.59 Å². The quantitative estimate of drug-likeness (QED) is 0.0318. The number of rotatable bonds is 30. The first-order valence-electron chi connectivity index (χ1n) is 37.2. The van der Waals surface area contributed by atoms with Crippen LogP contribution in [-0.2, 0) is 99.6 Å². The van der Waals surface area contributed by atoms with Crippen molar-refractivity contribution < 1.29 is 253 Å². The first-order valence-corrected chi connectivity index (χ1v) is 37.2. The highest BCUT2D eigenvalue weighted by Gasteiger charge is 2.61.